The summed E-state index contributed by atoms with van der Waals surface area (Å²) in [5, 5.41) is 0. The van der Waals surface area contributed by atoms with E-state index in [1.54, 1.807) is 20.8 Å². The van der Waals surface area contributed by atoms with E-state index in [1.165, 1.54) is 12.4 Å². The van der Waals surface area contributed by atoms with Crippen LogP contribution in [0.25, 0.3) is 0 Å². The first-order valence-corrected chi connectivity index (χ1v) is 10.6. The van der Waals surface area contributed by atoms with Gasteiger partial charge in [-0.15, -0.1) is 0 Å². The molecule has 1 atom stereocenters. The molecule has 33 heavy (non-hydrogen) atoms. The largest absolute Gasteiger partial charge is 0.460 e. The summed E-state index contributed by atoms with van der Waals surface area (Å²) in [7, 11) is 1.14. The van der Waals surface area contributed by atoms with Gasteiger partial charge in [-0.05, 0) is 11.8 Å². The molecule has 0 bridgehead atoms. The lowest BCUT2D eigenvalue weighted by Gasteiger charge is -2.29. The molecule has 5 nitrogen and oxygen atoms in total. The number of nitrogens with zero attached hydrogens (tertiary/aromatic N) is 2. The zero-order valence-electron chi connectivity index (χ0n) is 20.0. The fourth-order valence-corrected chi connectivity index (χ4v) is 3.33. The summed E-state index contributed by atoms with van der Waals surface area (Å²) in [6.45, 7) is 9.72. The summed E-state index contributed by atoms with van der Waals surface area (Å²) in [6.07, 6.45) is 3.86. The monoisotopic (exact) mass is 470 g/mol. The lowest BCUT2D eigenvalue weighted by atomic mass is 9.77. The number of ether oxygens (including phenoxy) is 2. The lowest BCUT2D eigenvalue weighted by Crippen LogP contribution is -2.29. The van der Waals surface area contributed by atoms with Crippen LogP contribution in [0.2, 0.25) is 0 Å². The van der Waals surface area contributed by atoms with Crippen LogP contribution in [0.3, 0.4) is 0 Å². The molecule has 0 aliphatic carbocycles. The number of carbonyl (C=O) groups is 1. The van der Waals surface area contributed by atoms with Crippen LogP contribution in [0, 0.1) is 28.7 Å². The topological polar surface area (TPSA) is 61.3 Å². The van der Waals surface area contributed by atoms with Crippen LogP contribution < -0.4 is 0 Å². The maximum atomic E-state index is 14.4. The molecule has 182 valence electrons. The Morgan fingerprint density at radius 2 is 1.36 bits per heavy atom. The van der Waals surface area contributed by atoms with Crippen molar-refractivity contribution < 1.29 is 31.8 Å². The Morgan fingerprint density at radius 1 is 0.909 bits per heavy atom. The van der Waals surface area contributed by atoms with Crippen molar-refractivity contribution in [2.45, 2.75) is 72.5 Å². The Balaban J connectivity index is 2.33. The summed E-state index contributed by atoms with van der Waals surface area (Å²) in [6, 6.07) is 0. The predicted molar refractivity (Wildman–Crippen MR) is 114 cm³/mol. The van der Waals surface area contributed by atoms with Crippen LogP contribution >= 0.6 is 0 Å². The highest BCUT2D eigenvalue weighted by Crippen LogP contribution is 2.37. The van der Waals surface area contributed by atoms with E-state index in [-0.39, 0.29) is 5.41 Å². The zero-order valence-corrected chi connectivity index (χ0v) is 20.0. The number of rotatable bonds is 8. The average molecular weight is 471 g/mol. The third-order valence-electron chi connectivity index (χ3n) is 5.69. The molecule has 9 heteroatoms. The number of hydrogen-bond acceptors (Lipinski definition) is 5. The number of halogens is 4. The average Bonchev–Trinajstić information content (AvgIpc) is 2.75. The summed E-state index contributed by atoms with van der Waals surface area (Å²) in [4.78, 5) is 21.7. The van der Waals surface area contributed by atoms with Gasteiger partial charge in [-0.1, -0.05) is 41.5 Å². The van der Waals surface area contributed by atoms with Crippen molar-refractivity contribution in [3.8, 4) is 0 Å². The van der Waals surface area contributed by atoms with E-state index in [2.05, 4.69) is 14.7 Å². The molecule has 1 aromatic heterocycles. The normalized spacial score (nSPS) is 13.2. The molecule has 1 heterocycles. The molecule has 2 aromatic rings. The van der Waals surface area contributed by atoms with Gasteiger partial charge in [-0.25, -0.2) is 27.5 Å². The molecule has 0 N–H and O–H groups in total. The van der Waals surface area contributed by atoms with Crippen molar-refractivity contribution >= 4 is 5.97 Å². The van der Waals surface area contributed by atoms with Gasteiger partial charge in [0.2, 0.25) is 0 Å². The van der Waals surface area contributed by atoms with Gasteiger partial charge in [0.1, 0.15) is 12.4 Å². The first-order chi connectivity index (χ1) is 15.3. The Morgan fingerprint density at radius 3 is 1.76 bits per heavy atom. The van der Waals surface area contributed by atoms with Crippen molar-refractivity contribution in [3.63, 3.8) is 0 Å². The van der Waals surface area contributed by atoms with E-state index in [1.807, 2.05) is 20.8 Å². The maximum absolute atomic E-state index is 14.4. The Labute approximate surface area is 191 Å². The molecule has 0 radical (unpaired) electrons. The molecule has 1 aromatic carbocycles. The standard InChI is InChI=1S/C24H30F4N2O3/c1-8-24(5,6)22-29-9-13(10-30-22)16(23(2,3)4)21(31)33-12-15-19(27)17(25)14(11-32-7)18(26)20(15)28/h9-10,16H,8,11-12H2,1-7H3. The van der Waals surface area contributed by atoms with Crippen molar-refractivity contribution in [2.75, 3.05) is 7.11 Å². The molecule has 2 rings (SSSR count). The Hall–Kier alpha value is -2.55. The second-order valence-corrected chi connectivity index (χ2v) is 9.63. The number of hydrogen-bond donors (Lipinski definition) is 0. The van der Waals surface area contributed by atoms with E-state index in [9.17, 15) is 22.4 Å². The minimum absolute atomic E-state index is 0.256. The molecule has 0 saturated carbocycles. The quantitative estimate of drug-likeness (QED) is 0.280. The van der Waals surface area contributed by atoms with Crippen LogP contribution in [0.15, 0.2) is 12.4 Å². The number of methoxy groups -OCH3 is 1. The molecule has 0 aliphatic rings. The van der Waals surface area contributed by atoms with Gasteiger partial charge >= 0.3 is 5.97 Å². The van der Waals surface area contributed by atoms with Crippen LogP contribution in [0.1, 0.15) is 76.4 Å². The SMILES string of the molecule is CCC(C)(C)c1ncc(C(C(=O)OCc2c(F)c(F)c(COC)c(F)c2F)C(C)(C)C)cn1. The number of aromatic nitrogens is 2. The van der Waals surface area contributed by atoms with Crippen molar-refractivity contribution in [1.82, 2.24) is 9.97 Å². The minimum atomic E-state index is -1.63. The smallest absolute Gasteiger partial charge is 0.314 e. The minimum Gasteiger partial charge on any atom is -0.460 e. The third kappa shape index (κ3) is 5.69. The molecular weight excluding hydrogens is 440 g/mol. The molecule has 0 saturated heterocycles. The van der Waals surface area contributed by atoms with Crippen LogP contribution in [0.4, 0.5) is 17.6 Å². The highest BCUT2D eigenvalue weighted by atomic mass is 19.2. The van der Waals surface area contributed by atoms with Crippen LogP contribution in [-0.4, -0.2) is 23.0 Å². The summed E-state index contributed by atoms with van der Waals surface area (Å²) >= 11 is 0. The van der Waals surface area contributed by atoms with E-state index in [4.69, 9.17) is 4.74 Å². The van der Waals surface area contributed by atoms with Gasteiger partial charge in [0, 0.05) is 30.5 Å². The van der Waals surface area contributed by atoms with Gasteiger partial charge in [0.15, 0.2) is 23.3 Å². The molecule has 0 amide bonds. The summed E-state index contributed by atoms with van der Waals surface area (Å²) in [5.74, 6) is -7.53. The van der Waals surface area contributed by atoms with E-state index < -0.39 is 64.9 Å². The van der Waals surface area contributed by atoms with Gasteiger partial charge < -0.3 is 9.47 Å². The van der Waals surface area contributed by atoms with Crippen molar-refractivity contribution in [3.05, 3.63) is 58.2 Å². The summed E-state index contributed by atoms with van der Waals surface area (Å²) in [5.41, 5.74) is -2.35. The van der Waals surface area contributed by atoms with Gasteiger partial charge in [-0.3, -0.25) is 4.79 Å². The van der Waals surface area contributed by atoms with Crippen molar-refractivity contribution in [2.24, 2.45) is 5.41 Å². The lowest BCUT2D eigenvalue weighted by molar-refractivity contribution is -0.149. The molecule has 0 aliphatic heterocycles. The third-order valence-corrected chi connectivity index (χ3v) is 5.69. The fourth-order valence-electron chi connectivity index (χ4n) is 3.33. The number of benzene rings is 1. The zero-order chi connectivity index (χ0) is 25.1. The van der Waals surface area contributed by atoms with Crippen LogP contribution in [-0.2, 0) is 32.9 Å². The van der Waals surface area contributed by atoms with Gasteiger partial charge in [0.05, 0.1) is 23.7 Å². The fraction of sp³-hybridized carbons (Fsp3) is 0.542. The first kappa shape index (κ1) is 26.7. The maximum Gasteiger partial charge on any atom is 0.314 e. The molecular formula is C24H30F4N2O3. The predicted octanol–water partition coefficient (Wildman–Crippen LogP) is 5.74. The van der Waals surface area contributed by atoms with Crippen LogP contribution in [0.5, 0.6) is 0 Å². The van der Waals surface area contributed by atoms with E-state index in [0.29, 0.717) is 11.4 Å². The van der Waals surface area contributed by atoms with Crippen molar-refractivity contribution in [1.29, 1.82) is 0 Å². The second kappa shape index (κ2) is 10.2. The highest BCUT2D eigenvalue weighted by Gasteiger charge is 2.36. The first-order valence-electron chi connectivity index (χ1n) is 10.6. The van der Waals surface area contributed by atoms with E-state index >= 15 is 0 Å². The van der Waals surface area contributed by atoms with E-state index in [0.717, 1.165) is 13.5 Å². The second-order valence-electron chi connectivity index (χ2n) is 9.63. The Bertz CT molecular complexity index is 973. The highest BCUT2D eigenvalue weighted by molar-refractivity contribution is 5.79. The number of esters is 1. The molecule has 0 spiro atoms. The number of carbonyl (C=O) groups excluding carboxylic acids is 1. The molecule has 0 fully saturated rings. The van der Waals surface area contributed by atoms with Gasteiger partial charge in [0.25, 0.3) is 0 Å². The molecule has 1 unspecified atom stereocenters. The van der Waals surface area contributed by atoms with Gasteiger partial charge in [-0.2, -0.15) is 0 Å². The summed E-state index contributed by atoms with van der Waals surface area (Å²) < 4.78 is 66.8. The Kier molecular flexibility index (Phi) is 8.22.